The Labute approximate surface area is 117 Å². The van der Waals surface area contributed by atoms with E-state index in [1.54, 1.807) is 24.0 Å². The van der Waals surface area contributed by atoms with Gasteiger partial charge in [0.05, 0.1) is 6.26 Å². The largest absolute Gasteiger partial charge is 0.459 e. The second-order valence-corrected chi connectivity index (χ2v) is 5.12. The number of hydrogen-bond donors (Lipinski definition) is 2. The number of nitrogens with one attached hydrogen (secondary N) is 1. The maximum Gasteiger partial charge on any atom is 0.287 e. The fourth-order valence-corrected chi connectivity index (χ4v) is 2.35. The summed E-state index contributed by atoms with van der Waals surface area (Å²) in [6, 6.07) is 2.60. The summed E-state index contributed by atoms with van der Waals surface area (Å²) in [5.41, 5.74) is 0. The second kappa shape index (κ2) is 6.56. The van der Waals surface area contributed by atoms with Crippen molar-refractivity contribution in [2.45, 2.75) is 25.8 Å². The fourth-order valence-electron chi connectivity index (χ4n) is 2.35. The molecule has 20 heavy (non-hydrogen) atoms. The molecule has 2 heterocycles. The van der Waals surface area contributed by atoms with E-state index in [4.69, 9.17) is 9.52 Å². The Balaban J connectivity index is 1.85. The number of rotatable bonds is 4. The van der Waals surface area contributed by atoms with Crippen molar-refractivity contribution in [2.24, 2.45) is 5.92 Å². The first-order chi connectivity index (χ1) is 9.61. The minimum atomic E-state index is -0.585. The monoisotopic (exact) mass is 280 g/mol. The van der Waals surface area contributed by atoms with E-state index in [9.17, 15) is 9.59 Å². The molecule has 0 saturated carbocycles. The highest BCUT2D eigenvalue weighted by molar-refractivity contribution is 5.95. The van der Waals surface area contributed by atoms with Crippen LogP contribution in [-0.4, -0.2) is 47.6 Å². The van der Waals surface area contributed by atoms with Crippen LogP contribution in [0.4, 0.5) is 0 Å². The van der Waals surface area contributed by atoms with Gasteiger partial charge >= 0.3 is 0 Å². The number of nitrogens with zero attached hydrogens (tertiary/aromatic N) is 1. The molecule has 0 aromatic carbocycles. The molecule has 1 saturated heterocycles. The number of amides is 2. The summed E-state index contributed by atoms with van der Waals surface area (Å²) >= 11 is 0. The van der Waals surface area contributed by atoms with Crippen molar-refractivity contribution in [1.29, 1.82) is 0 Å². The lowest BCUT2D eigenvalue weighted by atomic mass is 9.97. The molecule has 0 spiro atoms. The Morgan fingerprint density at radius 1 is 1.50 bits per heavy atom. The highest BCUT2D eigenvalue weighted by Gasteiger charge is 2.27. The minimum absolute atomic E-state index is 0.0960. The molecule has 6 heteroatoms. The first kappa shape index (κ1) is 14.6. The van der Waals surface area contributed by atoms with Crippen LogP contribution in [0.5, 0.6) is 0 Å². The van der Waals surface area contributed by atoms with Gasteiger partial charge in [0.2, 0.25) is 5.91 Å². The van der Waals surface area contributed by atoms with Gasteiger partial charge in [-0.1, -0.05) is 0 Å². The fraction of sp³-hybridized carbons (Fsp3) is 0.571. The molecule has 1 aliphatic heterocycles. The van der Waals surface area contributed by atoms with Crippen LogP contribution in [0.1, 0.15) is 30.3 Å². The molecule has 2 rings (SSSR count). The molecular formula is C14H20N2O4. The van der Waals surface area contributed by atoms with E-state index >= 15 is 0 Å². The Hall–Kier alpha value is -1.82. The number of aliphatic hydroxyl groups excluding tert-OH is 1. The summed E-state index contributed by atoms with van der Waals surface area (Å²) in [5.74, 6) is -0.00176. The summed E-state index contributed by atoms with van der Waals surface area (Å²) in [4.78, 5) is 25.7. The topological polar surface area (TPSA) is 82.8 Å². The van der Waals surface area contributed by atoms with Crippen LogP contribution in [-0.2, 0) is 4.79 Å². The molecule has 2 N–H and O–H groups in total. The normalized spacial score (nSPS) is 17.8. The zero-order valence-electron chi connectivity index (χ0n) is 11.5. The molecule has 6 nitrogen and oxygen atoms in total. The average molecular weight is 280 g/mol. The number of carbonyl (C=O) groups excluding carboxylic acids is 2. The number of carbonyl (C=O) groups is 2. The van der Waals surface area contributed by atoms with E-state index in [1.807, 2.05) is 0 Å². The van der Waals surface area contributed by atoms with E-state index in [0.717, 1.165) is 12.8 Å². The molecule has 0 aliphatic carbocycles. The van der Waals surface area contributed by atoms with Gasteiger partial charge in [-0.25, -0.2) is 0 Å². The Kier molecular flexibility index (Phi) is 4.79. The predicted molar refractivity (Wildman–Crippen MR) is 72.0 cm³/mol. The lowest BCUT2D eigenvalue weighted by Crippen LogP contribution is -2.49. The van der Waals surface area contributed by atoms with Crippen LogP contribution in [0, 0.1) is 5.92 Å². The minimum Gasteiger partial charge on any atom is -0.459 e. The summed E-state index contributed by atoms with van der Waals surface area (Å²) < 4.78 is 4.99. The first-order valence-electron chi connectivity index (χ1n) is 6.86. The van der Waals surface area contributed by atoms with Crippen molar-refractivity contribution in [3.8, 4) is 0 Å². The zero-order chi connectivity index (χ0) is 14.5. The van der Waals surface area contributed by atoms with E-state index in [0.29, 0.717) is 13.1 Å². The maximum atomic E-state index is 12.2. The SMILES string of the molecule is CC(NC(=O)c1ccco1)C(=O)N1CCC(CO)CC1. The van der Waals surface area contributed by atoms with Crippen molar-refractivity contribution in [1.82, 2.24) is 10.2 Å². The van der Waals surface area contributed by atoms with Crippen LogP contribution in [0.3, 0.4) is 0 Å². The Morgan fingerprint density at radius 2 is 2.20 bits per heavy atom. The van der Waals surface area contributed by atoms with E-state index in [2.05, 4.69) is 5.32 Å². The van der Waals surface area contributed by atoms with E-state index < -0.39 is 6.04 Å². The standard InChI is InChI=1S/C14H20N2O4/c1-10(15-13(18)12-3-2-8-20-12)14(19)16-6-4-11(9-17)5-7-16/h2-3,8,10-11,17H,4-7,9H2,1H3,(H,15,18). The quantitative estimate of drug-likeness (QED) is 0.847. The van der Waals surface area contributed by atoms with Gasteiger partial charge in [0.15, 0.2) is 5.76 Å². The highest BCUT2D eigenvalue weighted by Crippen LogP contribution is 2.17. The first-order valence-corrected chi connectivity index (χ1v) is 6.86. The van der Waals surface area contributed by atoms with E-state index in [1.165, 1.54) is 6.26 Å². The number of piperidine rings is 1. The smallest absolute Gasteiger partial charge is 0.287 e. The molecule has 0 bridgehead atoms. The van der Waals surface area contributed by atoms with Crippen LogP contribution >= 0.6 is 0 Å². The van der Waals surface area contributed by atoms with Gasteiger partial charge in [0.25, 0.3) is 5.91 Å². The number of likely N-dealkylation sites (tertiary alicyclic amines) is 1. The Morgan fingerprint density at radius 3 is 2.75 bits per heavy atom. The lowest BCUT2D eigenvalue weighted by molar-refractivity contribution is -0.134. The van der Waals surface area contributed by atoms with Gasteiger partial charge in [-0.15, -0.1) is 0 Å². The van der Waals surface area contributed by atoms with Crippen LogP contribution in [0.25, 0.3) is 0 Å². The average Bonchev–Trinajstić information content (AvgIpc) is 3.01. The number of aliphatic hydroxyl groups is 1. The second-order valence-electron chi connectivity index (χ2n) is 5.12. The molecule has 1 atom stereocenters. The van der Waals surface area contributed by atoms with Crippen LogP contribution in [0.2, 0.25) is 0 Å². The van der Waals surface area contributed by atoms with Gasteiger partial charge in [-0.05, 0) is 37.8 Å². The Bertz CT molecular complexity index is 450. The summed E-state index contributed by atoms with van der Waals surface area (Å²) in [5, 5.41) is 11.7. The lowest BCUT2D eigenvalue weighted by Gasteiger charge is -2.32. The third kappa shape index (κ3) is 3.39. The molecule has 1 fully saturated rings. The van der Waals surface area contributed by atoms with Crippen LogP contribution < -0.4 is 5.32 Å². The van der Waals surface area contributed by atoms with E-state index in [-0.39, 0.29) is 30.1 Å². The molecule has 110 valence electrons. The van der Waals surface area contributed by atoms with Gasteiger partial charge in [0, 0.05) is 19.7 Å². The summed E-state index contributed by atoms with van der Waals surface area (Å²) in [6.45, 7) is 3.10. The molecule has 0 radical (unpaired) electrons. The predicted octanol–water partition coefficient (Wildman–Crippen LogP) is 0.629. The van der Waals surface area contributed by atoms with Gasteiger partial charge in [0.1, 0.15) is 6.04 Å². The third-order valence-electron chi connectivity index (χ3n) is 3.65. The molecule has 1 aliphatic rings. The third-order valence-corrected chi connectivity index (χ3v) is 3.65. The molecule has 1 aromatic rings. The van der Waals surface area contributed by atoms with Crippen molar-refractivity contribution in [3.63, 3.8) is 0 Å². The van der Waals surface area contributed by atoms with Crippen molar-refractivity contribution >= 4 is 11.8 Å². The number of hydrogen-bond acceptors (Lipinski definition) is 4. The van der Waals surface area contributed by atoms with Gasteiger partial charge < -0.3 is 19.7 Å². The van der Waals surface area contributed by atoms with Gasteiger partial charge in [-0.3, -0.25) is 9.59 Å². The maximum absolute atomic E-state index is 12.2. The van der Waals surface area contributed by atoms with Crippen molar-refractivity contribution < 1.29 is 19.1 Å². The number of furan rings is 1. The molecular weight excluding hydrogens is 260 g/mol. The highest BCUT2D eigenvalue weighted by atomic mass is 16.3. The molecule has 1 unspecified atom stereocenters. The van der Waals surface area contributed by atoms with Crippen LogP contribution in [0.15, 0.2) is 22.8 Å². The zero-order valence-corrected chi connectivity index (χ0v) is 11.5. The molecule has 1 aromatic heterocycles. The van der Waals surface area contributed by atoms with Crippen molar-refractivity contribution in [3.05, 3.63) is 24.2 Å². The summed E-state index contributed by atoms with van der Waals surface area (Å²) in [6.07, 6.45) is 3.03. The summed E-state index contributed by atoms with van der Waals surface area (Å²) in [7, 11) is 0. The van der Waals surface area contributed by atoms with Gasteiger partial charge in [-0.2, -0.15) is 0 Å². The van der Waals surface area contributed by atoms with Crippen molar-refractivity contribution in [2.75, 3.05) is 19.7 Å². The molecule has 2 amide bonds.